The molecule has 1 N–H and O–H groups in total. The maximum atomic E-state index is 3.20. The molecule has 1 atom stereocenters. The average molecular weight is 245 g/mol. The molecule has 0 aromatic rings. The maximum absolute atomic E-state index is 3.20. The first-order chi connectivity index (χ1) is 3.48. The molecule has 9 heavy (non-hydrogen) atoms. The molecule has 0 spiro atoms. The average Bonchev–Trinajstić information content (AvgIpc) is 1.62. The fourth-order valence-corrected chi connectivity index (χ4v) is 0.433. The van der Waals surface area contributed by atoms with Crippen LogP contribution in [0.5, 0.6) is 0 Å². The lowest BCUT2D eigenvalue weighted by molar-refractivity contribution is 0.301. The number of hydrogen-bond donors (Lipinski definition) is 1. The van der Waals surface area contributed by atoms with Gasteiger partial charge >= 0.3 is 0 Å². The minimum absolute atomic E-state index is 0. The van der Waals surface area contributed by atoms with Gasteiger partial charge in [0.25, 0.3) is 0 Å². The Balaban J connectivity index is -0.000000245. The first-order valence-electron chi connectivity index (χ1n) is 3.15. The molecule has 0 rings (SSSR count). The summed E-state index contributed by atoms with van der Waals surface area (Å²) in [5, 5.41) is 3.20. The highest BCUT2D eigenvalue weighted by atomic mass is 127. The van der Waals surface area contributed by atoms with Gasteiger partial charge in [0.2, 0.25) is 0 Å². The summed E-state index contributed by atoms with van der Waals surface area (Å²) in [4.78, 5) is 0. The zero-order valence-electron chi connectivity index (χ0n) is 6.99. The van der Waals surface area contributed by atoms with Crippen LogP contribution in [0.2, 0.25) is 0 Å². The largest absolute Gasteiger partial charge is 0.317 e. The van der Waals surface area contributed by atoms with Crippen molar-refractivity contribution in [1.29, 1.82) is 0 Å². The predicted octanol–water partition coefficient (Wildman–Crippen LogP) is 2.50. The van der Waals surface area contributed by atoms with E-state index < -0.39 is 0 Å². The lowest BCUT2D eigenvalue weighted by Crippen LogP contribution is -2.34. The molecular weight excluding hydrogens is 225 g/mol. The van der Waals surface area contributed by atoms with Gasteiger partial charge in [0.05, 0.1) is 0 Å². The molecule has 0 amide bonds. The summed E-state index contributed by atoms with van der Waals surface area (Å²) in [6.07, 6.45) is 0. The summed E-state index contributed by atoms with van der Waals surface area (Å²) in [7, 11) is 2.00. The van der Waals surface area contributed by atoms with E-state index in [1.165, 1.54) is 0 Å². The van der Waals surface area contributed by atoms with Gasteiger partial charge in [-0.3, -0.25) is 0 Å². The van der Waals surface area contributed by atoms with Gasteiger partial charge in [-0.15, -0.1) is 24.0 Å². The van der Waals surface area contributed by atoms with Crippen molar-refractivity contribution < 1.29 is 1.43 Å². The van der Waals surface area contributed by atoms with Gasteiger partial charge in [0, 0.05) is 7.47 Å². The van der Waals surface area contributed by atoms with Crippen LogP contribution >= 0.6 is 24.0 Å². The first kappa shape index (κ1) is 12.4. The molecule has 60 valence electrons. The van der Waals surface area contributed by atoms with Crippen LogP contribution in [0.25, 0.3) is 0 Å². The molecule has 0 heterocycles. The molecule has 0 bridgehead atoms. The van der Waals surface area contributed by atoms with Crippen LogP contribution in [-0.4, -0.2) is 13.1 Å². The lowest BCUT2D eigenvalue weighted by Gasteiger charge is -2.26. The Bertz CT molecular complexity index is 70.5. The van der Waals surface area contributed by atoms with Crippen LogP contribution in [0.1, 0.15) is 29.1 Å². The number of nitrogens with one attached hydrogen (secondary N) is 1. The van der Waals surface area contributed by atoms with E-state index in [9.17, 15) is 0 Å². The Labute approximate surface area is 77.1 Å². The van der Waals surface area contributed by atoms with Gasteiger partial charge in [-0.05, 0) is 19.4 Å². The highest BCUT2D eigenvalue weighted by Gasteiger charge is 2.16. The van der Waals surface area contributed by atoms with Gasteiger partial charge in [-0.1, -0.05) is 20.8 Å². The number of hydrogen-bond acceptors (Lipinski definition) is 1. The van der Waals surface area contributed by atoms with E-state index in [0.29, 0.717) is 11.5 Å². The van der Waals surface area contributed by atoms with Gasteiger partial charge < -0.3 is 5.32 Å². The van der Waals surface area contributed by atoms with E-state index in [1.807, 2.05) is 7.05 Å². The van der Waals surface area contributed by atoms with Crippen molar-refractivity contribution in [3.8, 4) is 0 Å². The first-order valence-corrected chi connectivity index (χ1v) is 3.15. The zero-order chi connectivity index (χ0) is 6.78. The second-order valence-corrected chi connectivity index (χ2v) is 3.38. The molecule has 0 aromatic carbocycles. The van der Waals surface area contributed by atoms with E-state index in [1.54, 1.807) is 0 Å². The van der Waals surface area contributed by atoms with Crippen LogP contribution in [0, 0.1) is 5.41 Å². The summed E-state index contributed by atoms with van der Waals surface area (Å²) >= 11 is 0. The van der Waals surface area contributed by atoms with Crippen LogP contribution in [0.15, 0.2) is 0 Å². The van der Waals surface area contributed by atoms with Crippen LogP contribution in [-0.2, 0) is 0 Å². The summed E-state index contributed by atoms with van der Waals surface area (Å²) in [5.41, 5.74) is 0.398. The summed E-state index contributed by atoms with van der Waals surface area (Å²) in [6.45, 7) is 8.89. The fourth-order valence-electron chi connectivity index (χ4n) is 0.433. The third-order valence-corrected chi connectivity index (χ3v) is 1.73. The molecule has 1 nitrogen and oxygen atoms in total. The molecule has 0 saturated carbocycles. The minimum Gasteiger partial charge on any atom is -0.317 e. The molecule has 0 aromatic heterocycles. The summed E-state index contributed by atoms with van der Waals surface area (Å²) in [5.74, 6) is 0. The molecule has 0 aliphatic heterocycles. The number of rotatable bonds is 1. The summed E-state index contributed by atoms with van der Waals surface area (Å²) < 4.78 is 0. The third kappa shape index (κ3) is 5.15. The standard InChI is InChI=1S/C7H17N.HI.H2/c1-6(8-5)7(2,3)4;;/h6,8H,1-5H3;2*1H. The SMILES string of the molecule is CNC(C)C(C)(C)C.I.[HH]. The van der Waals surface area contributed by atoms with Crippen LogP contribution in [0.3, 0.4) is 0 Å². The van der Waals surface area contributed by atoms with Crippen molar-refractivity contribution in [2.24, 2.45) is 5.41 Å². The van der Waals surface area contributed by atoms with E-state index >= 15 is 0 Å². The van der Waals surface area contributed by atoms with Crippen molar-refractivity contribution in [2.45, 2.75) is 33.7 Å². The van der Waals surface area contributed by atoms with Crippen LogP contribution in [0.4, 0.5) is 0 Å². The second-order valence-electron chi connectivity index (χ2n) is 3.38. The smallest absolute Gasteiger partial charge is 0.00842 e. The zero-order valence-corrected chi connectivity index (χ0v) is 9.32. The normalized spacial score (nSPS) is 14.3. The van der Waals surface area contributed by atoms with Gasteiger partial charge in [0.1, 0.15) is 0 Å². The van der Waals surface area contributed by atoms with Crippen molar-refractivity contribution >= 4 is 24.0 Å². The van der Waals surface area contributed by atoms with Gasteiger partial charge in [0.15, 0.2) is 0 Å². The Morgan fingerprint density at radius 3 is 1.67 bits per heavy atom. The van der Waals surface area contributed by atoms with Gasteiger partial charge in [-0.2, -0.15) is 0 Å². The third-order valence-electron chi connectivity index (χ3n) is 1.73. The Morgan fingerprint density at radius 1 is 1.33 bits per heavy atom. The molecule has 0 saturated heterocycles. The maximum Gasteiger partial charge on any atom is 0.00842 e. The van der Waals surface area contributed by atoms with Crippen molar-refractivity contribution in [1.82, 2.24) is 5.32 Å². The van der Waals surface area contributed by atoms with Crippen LogP contribution < -0.4 is 5.32 Å². The van der Waals surface area contributed by atoms with Gasteiger partial charge in [-0.25, -0.2) is 0 Å². The van der Waals surface area contributed by atoms with Crippen molar-refractivity contribution in [3.05, 3.63) is 0 Å². The topological polar surface area (TPSA) is 12.0 Å². The number of halogens is 1. The molecule has 0 radical (unpaired) electrons. The monoisotopic (exact) mass is 245 g/mol. The van der Waals surface area contributed by atoms with Crippen molar-refractivity contribution in [2.75, 3.05) is 7.05 Å². The summed E-state index contributed by atoms with van der Waals surface area (Å²) in [6, 6.07) is 0.600. The molecule has 0 aliphatic carbocycles. The van der Waals surface area contributed by atoms with E-state index in [-0.39, 0.29) is 25.4 Å². The van der Waals surface area contributed by atoms with E-state index in [0.717, 1.165) is 0 Å². The molecular formula is C7H20IN. The van der Waals surface area contributed by atoms with Crippen molar-refractivity contribution in [3.63, 3.8) is 0 Å². The quantitative estimate of drug-likeness (QED) is 0.700. The Morgan fingerprint density at radius 2 is 1.67 bits per heavy atom. The molecule has 1 unspecified atom stereocenters. The fraction of sp³-hybridized carbons (Fsp3) is 1.00. The molecule has 0 aliphatic rings. The molecule has 0 fully saturated rings. The lowest BCUT2D eigenvalue weighted by atomic mass is 9.88. The second kappa shape index (κ2) is 4.50. The Hall–Kier alpha value is 0.690. The minimum atomic E-state index is 0. The highest BCUT2D eigenvalue weighted by Crippen LogP contribution is 2.17. The Kier molecular flexibility index (Phi) is 6.18. The molecule has 2 heteroatoms. The highest BCUT2D eigenvalue weighted by molar-refractivity contribution is 14.0. The van der Waals surface area contributed by atoms with E-state index in [4.69, 9.17) is 0 Å². The van der Waals surface area contributed by atoms with E-state index in [2.05, 4.69) is 33.0 Å². The predicted molar refractivity (Wildman–Crippen MR) is 55.5 cm³/mol.